The Morgan fingerprint density at radius 1 is 1.42 bits per heavy atom. The van der Waals surface area contributed by atoms with E-state index >= 15 is 0 Å². The van der Waals surface area contributed by atoms with Gasteiger partial charge in [-0.3, -0.25) is 4.79 Å². The van der Waals surface area contributed by atoms with Crippen LogP contribution in [-0.4, -0.2) is 41.6 Å². The van der Waals surface area contributed by atoms with Gasteiger partial charge in [0.15, 0.2) is 0 Å². The molecule has 2 N–H and O–H groups in total. The van der Waals surface area contributed by atoms with Gasteiger partial charge in [-0.05, 0) is 61.8 Å². The standard InChI is InChI=1S/C21H24N2O3/c1-21-8-9-23(2)18(11-15-4-5-16(24)12-17(15)21)20(21)22-19(25)6-3-14-7-10-26-13-14/h3-7,10,12-13,18,20,24H,8-9,11H2,1-2H3,(H,22,25)/b6-3+/t18-,20+,21-/m1/s1. The molecule has 2 aliphatic rings. The number of fused-ring (bicyclic) bond motifs is 4. The number of carbonyl (C=O) groups excluding carboxylic acids is 1. The van der Waals surface area contributed by atoms with E-state index in [1.54, 1.807) is 30.7 Å². The molecule has 136 valence electrons. The molecule has 1 aromatic heterocycles. The van der Waals surface area contributed by atoms with E-state index in [4.69, 9.17) is 4.42 Å². The number of benzene rings is 1. The van der Waals surface area contributed by atoms with Gasteiger partial charge in [-0.25, -0.2) is 0 Å². The van der Waals surface area contributed by atoms with Gasteiger partial charge in [-0.2, -0.15) is 0 Å². The van der Waals surface area contributed by atoms with Gasteiger partial charge in [0.1, 0.15) is 5.75 Å². The summed E-state index contributed by atoms with van der Waals surface area (Å²) in [4.78, 5) is 14.9. The number of nitrogens with one attached hydrogen (secondary N) is 1. The number of carbonyl (C=O) groups is 1. The minimum atomic E-state index is -0.192. The predicted molar refractivity (Wildman–Crippen MR) is 99.9 cm³/mol. The van der Waals surface area contributed by atoms with E-state index < -0.39 is 0 Å². The fourth-order valence-corrected chi connectivity index (χ4v) is 4.48. The number of phenolic OH excluding ortho intramolecular Hbond substituents is 1. The Kier molecular flexibility index (Phi) is 4.11. The highest BCUT2D eigenvalue weighted by Crippen LogP contribution is 2.45. The highest BCUT2D eigenvalue weighted by Gasteiger charge is 2.50. The van der Waals surface area contributed by atoms with Crippen molar-refractivity contribution in [2.24, 2.45) is 0 Å². The van der Waals surface area contributed by atoms with Crippen molar-refractivity contribution in [2.45, 2.75) is 37.3 Å². The Morgan fingerprint density at radius 3 is 3.04 bits per heavy atom. The Labute approximate surface area is 153 Å². The molecule has 26 heavy (non-hydrogen) atoms. The van der Waals surface area contributed by atoms with Crippen LogP contribution in [0.2, 0.25) is 0 Å². The van der Waals surface area contributed by atoms with Crippen molar-refractivity contribution in [3.63, 3.8) is 0 Å². The predicted octanol–water partition coefficient (Wildman–Crippen LogP) is 2.70. The number of likely N-dealkylation sites (N-methyl/N-ethyl adjacent to an activating group) is 1. The maximum atomic E-state index is 12.6. The van der Waals surface area contributed by atoms with E-state index in [2.05, 4.69) is 24.2 Å². The Balaban J connectivity index is 1.63. The van der Waals surface area contributed by atoms with E-state index in [1.165, 1.54) is 5.56 Å². The van der Waals surface area contributed by atoms with Gasteiger partial charge in [0.2, 0.25) is 5.91 Å². The summed E-state index contributed by atoms with van der Waals surface area (Å²) >= 11 is 0. The monoisotopic (exact) mass is 352 g/mol. The maximum absolute atomic E-state index is 12.6. The van der Waals surface area contributed by atoms with Crippen LogP contribution in [0.15, 0.2) is 47.3 Å². The minimum Gasteiger partial charge on any atom is -0.508 e. The second kappa shape index (κ2) is 6.32. The Morgan fingerprint density at radius 2 is 2.27 bits per heavy atom. The first kappa shape index (κ1) is 16.9. The molecule has 1 aliphatic heterocycles. The second-order valence-electron chi connectivity index (χ2n) is 7.64. The van der Waals surface area contributed by atoms with Gasteiger partial charge in [0, 0.05) is 23.1 Å². The molecule has 1 aromatic carbocycles. The number of rotatable bonds is 3. The normalized spacial score (nSPS) is 28.1. The fraction of sp³-hybridized carbons (Fsp3) is 0.381. The molecular formula is C21H24N2O3. The lowest BCUT2D eigenvalue weighted by atomic mass is 9.61. The van der Waals surface area contributed by atoms with Crippen LogP contribution in [0.1, 0.15) is 30.0 Å². The molecule has 1 amide bonds. The zero-order valence-corrected chi connectivity index (χ0v) is 15.1. The summed E-state index contributed by atoms with van der Waals surface area (Å²) in [6.45, 7) is 3.18. The molecule has 1 saturated heterocycles. The lowest BCUT2D eigenvalue weighted by Crippen LogP contribution is -2.66. The van der Waals surface area contributed by atoms with E-state index in [1.807, 2.05) is 18.2 Å². The highest BCUT2D eigenvalue weighted by atomic mass is 16.3. The zero-order valence-electron chi connectivity index (χ0n) is 15.1. The third kappa shape index (κ3) is 2.82. The average Bonchev–Trinajstić information content (AvgIpc) is 3.13. The molecule has 3 atom stereocenters. The Bertz CT molecular complexity index is 843. The quantitative estimate of drug-likeness (QED) is 0.834. The first-order chi connectivity index (χ1) is 12.5. The molecule has 0 spiro atoms. The number of amides is 1. The largest absolute Gasteiger partial charge is 0.508 e. The summed E-state index contributed by atoms with van der Waals surface area (Å²) in [5.74, 6) is 0.179. The lowest BCUT2D eigenvalue weighted by Gasteiger charge is -2.54. The van der Waals surface area contributed by atoms with Gasteiger partial charge in [-0.1, -0.05) is 13.0 Å². The number of piperidine rings is 1. The molecule has 2 aromatic rings. The summed E-state index contributed by atoms with van der Waals surface area (Å²) in [5.41, 5.74) is 3.10. The molecule has 1 aliphatic carbocycles. The SMILES string of the molecule is CN1CC[C@]2(C)c3cc(O)ccc3C[C@@H]1[C@@H]2NC(=O)/C=C/c1ccoc1. The highest BCUT2D eigenvalue weighted by molar-refractivity contribution is 5.92. The van der Waals surface area contributed by atoms with Crippen LogP contribution in [0.5, 0.6) is 5.75 Å². The summed E-state index contributed by atoms with van der Waals surface area (Å²) in [7, 11) is 2.12. The van der Waals surface area contributed by atoms with Crippen molar-refractivity contribution in [3.8, 4) is 5.75 Å². The first-order valence-corrected chi connectivity index (χ1v) is 9.01. The van der Waals surface area contributed by atoms with Crippen molar-refractivity contribution in [1.82, 2.24) is 10.2 Å². The van der Waals surface area contributed by atoms with E-state index in [-0.39, 0.29) is 29.2 Å². The molecule has 5 nitrogen and oxygen atoms in total. The van der Waals surface area contributed by atoms with Crippen LogP contribution in [0.3, 0.4) is 0 Å². The summed E-state index contributed by atoms with van der Waals surface area (Å²) in [6.07, 6.45) is 8.31. The zero-order chi connectivity index (χ0) is 18.3. The Hall–Kier alpha value is -2.53. The maximum Gasteiger partial charge on any atom is 0.244 e. The molecule has 0 unspecified atom stereocenters. The molecule has 2 heterocycles. The average molecular weight is 352 g/mol. The second-order valence-corrected chi connectivity index (χ2v) is 7.64. The van der Waals surface area contributed by atoms with E-state index in [0.717, 1.165) is 30.5 Å². The molecule has 5 heteroatoms. The lowest BCUT2D eigenvalue weighted by molar-refractivity contribution is -0.118. The third-order valence-corrected chi connectivity index (χ3v) is 6.03. The molecule has 1 fully saturated rings. The van der Waals surface area contributed by atoms with E-state index in [9.17, 15) is 9.90 Å². The summed E-state index contributed by atoms with van der Waals surface area (Å²) in [6, 6.07) is 7.70. The van der Waals surface area contributed by atoms with E-state index in [0.29, 0.717) is 0 Å². The number of furan rings is 1. The molecule has 0 radical (unpaired) electrons. The van der Waals surface area contributed by atoms with Crippen molar-refractivity contribution in [1.29, 1.82) is 0 Å². The number of nitrogens with zero attached hydrogens (tertiary/aromatic N) is 1. The topological polar surface area (TPSA) is 65.7 Å². The van der Waals surface area contributed by atoms with Crippen LogP contribution in [0.25, 0.3) is 6.08 Å². The van der Waals surface area contributed by atoms with Crippen molar-refractivity contribution < 1.29 is 14.3 Å². The van der Waals surface area contributed by atoms with Crippen molar-refractivity contribution in [3.05, 3.63) is 59.6 Å². The van der Waals surface area contributed by atoms with Gasteiger partial charge in [-0.15, -0.1) is 0 Å². The van der Waals surface area contributed by atoms with Crippen LogP contribution in [0.4, 0.5) is 0 Å². The summed E-state index contributed by atoms with van der Waals surface area (Å²) in [5, 5.41) is 13.2. The van der Waals surface area contributed by atoms with Crippen molar-refractivity contribution >= 4 is 12.0 Å². The number of aromatic hydroxyl groups is 1. The van der Waals surface area contributed by atoms with Crippen LogP contribution >= 0.6 is 0 Å². The molecule has 4 rings (SSSR count). The number of hydrogen-bond acceptors (Lipinski definition) is 4. The number of phenols is 1. The molecule has 0 saturated carbocycles. The van der Waals surface area contributed by atoms with Gasteiger partial charge >= 0.3 is 0 Å². The third-order valence-electron chi connectivity index (χ3n) is 6.03. The smallest absolute Gasteiger partial charge is 0.244 e. The van der Waals surface area contributed by atoms with Gasteiger partial charge in [0.25, 0.3) is 0 Å². The molecular weight excluding hydrogens is 328 g/mol. The van der Waals surface area contributed by atoms with Crippen LogP contribution in [-0.2, 0) is 16.6 Å². The van der Waals surface area contributed by atoms with Crippen LogP contribution in [0, 0.1) is 0 Å². The number of hydrogen-bond donors (Lipinski definition) is 2. The number of likely N-dealkylation sites (tertiary alicyclic amines) is 1. The minimum absolute atomic E-state index is 0.00273. The van der Waals surface area contributed by atoms with Gasteiger partial charge < -0.3 is 19.7 Å². The van der Waals surface area contributed by atoms with Crippen LogP contribution < -0.4 is 5.32 Å². The first-order valence-electron chi connectivity index (χ1n) is 9.01. The summed E-state index contributed by atoms with van der Waals surface area (Å²) < 4.78 is 5.02. The van der Waals surface area contributed by atoms with Gasteiger partial charge in [0.05, 0.1) is 18.6 Å². The molecule has 2 bridgehead atoms. The van der Waals surface area contributed by atoms with Crippen molar-refractivity contribution in [2.75, 3.05) is 13.6 Å². The fourth-order valence-electron chi connectivity index (χ4n) is 4.48.